The zero-order chi connectivity index (χ0) is 14.0. The van der Waals surface area contributed by atoms with Crippen molar-refractivity contribution in [1.29, 1.82) is 0 Å². The molecule has 0 atom stereocenters. The molecule has 3 nitrogen and oxygen atoms in total. The average Bonchev–Trinajstić information content (AvgIpc) is 3.14. The Hall–Kier alpha value is -0.870. The molecule has 1 aromatic rings. The van der Waals surface area contributed by atoms with Crippen molar-refractivity contribution >= 4 is 21.8 Å². The van der Waals surface area contributed by atoms with Crippen LogP contribution in [-0.4, -0.2) is 30.9 Å². The monoisotopic (exact) mass is 324 g/mol. The van der Waals surface area contributed by atoms with E-state index >= 15 is 0 Å². The van der Waals surface area contributed by atoms with Gasteiger partial charge in [0, 0.05) is 23.5 Å². The third-order valence-electron chi connectivity index (χ3n) is 4.04. The average molecular weight is 325 g/mol. The standard InChI is InChI=1S/C15H21BrN2O/c1-11-3-4-13(16)7-12(11)8-14(19)18(2)10-15(9-17)5-6-15/h3-4,7H,5-6,8-10,17H2,1-2H3. The molecule has 0 radical (unpaired) electrons. The third kappa shape index (κ3) is 3.57. The molecular formula is C15H21BrN2O. The van der Waals surface area contributed by atoms with Gasteiger partial charge in [0.15, 0.2) is 0 Å². The van der Waals surface area contributed by atoms with Crippen LogP contribution >= 0.6 is 15.9 Å². The van der Waals surface area contributed by atoms with Crippen LogP contribution in [0.1, 0.15) is 24.0 Å². The summed E-state index contributed by atoms with van der Waals surface area (Å²) in [5, 5.41) is 0. The first-order valence-corrected chi connectivity index (χ1v) is 7.44. The molecule has 0 saturated heterocycles. The normalized spacial score (nSPS) is 16.2. The molecule has 0 unspecified atom stereocenters. The van der Waals surface area contributed by atoms with Gasteiger partial charge < -0.3 is 10.6 Å². The molecule has 1 fully saturated rings. The van der Waals surface area contributed by atoms with E-state index in [9.17, 15) is 4.79 Å². The fourth-order valence-corrected chi connectivity index (χ4v) is 2.73. The molecule has 104 valence electrons. The quantitative estimate of drug-likeness (QED) is 0.904. The van der Waals surface area contributed by atoms with Crippen LogP contribution in [-0.2, 0) is 11.2 Å². The SMILES string of the molecule is Cc1ccc(Br)cc1CC(=O)N(C)CC1(CN)CC1. The molecule has 1 aliphatic carbocycles. The number of rotatable bonds is 5. The second-order valence-electron chi connectivity index (χ2n) is 5.70. The Bertz CT molecular complexity index is 483. The minimum absolute atomic E-state index is 0.168. The van der Waals surface area contributed by atoms with Crippen molar-refractivity contribution in [3.05, 3.63) is 33.8 Å². The topological polar surface area (TPSA) is 46.3 Å². The van der Waals surface area contributed by atoms with Crippen LogP contribution in [0.4, 0.5) is 0 Å². The Kier molecular flexibility index (Phi) is 4.31. The minimum Gasteiger partial charge on any atom is -0.345 e. The highest BCUT2D eigenvalue weighted by Gasteiger charge is 2.42. The van der Waals surface area contributed by atoms with Crippen LogP contribution in [0.5, 0.6) is 0 Å². The zero-order valence-corrected chi connectivity index (χ0v) is 13.2. The number of nitrogens with two attached hydrogens (primary N) is 1. The summed E-state index contributed by atoms with van der Waals surface area (Å²) >= 11 is 3.45. The lowest BCUT2D eigenvalue weighted by molar-refractivity contribution is -0.129. The van der Waals surface area contributed by atoms with Gasteiger partial charge in [-0.3, -0.25) is 4.79 Å². The van der Waals surface area contributed by atoms with Crippen LogP contribution in [0.3, 0.4) is 0 Å². The molecule has 0 aromatic heterocycles. The molecule has 0 spiro atoms. The first-order valence-electron chi connectivity index (χ1n) is 6.65. The van der Waals surface area contributed by atoms with Crippen molar-refractivity contribution in [3.8, 4) is 0 Å². The summed E-state index contributed by atoms with van der Waals surface area (Å²) in [4.78, 5) is 14.1. The summed E-state index contributed by atoms with van der Waals surface area (Å²) in [6.07, 6.45) is 2.76. The summed E-state index contributed by atoms with van der Waals surface area (Å²) in [7, 11) is 1.88. The van der Waals surface area contributed by atoms with Crippen molar-refractivity contribution in [2.45, 2.75) is 26.2 Å². The summed E-state index contributed by atoms with van der Waals surface area (Å²) < 4.78 is 1.02. The third-order valence-corrected chi connectivity index (χ3v) is 4.53. The molecule has 0 bridgehead atoms. The molecule has 2 N–H and O–H groups in total. The number of hydrogen-bond donors (Lipinski definition) is 1. The van der Waals surface area contributed by atoms with Crippen molar-refractivity contribution in [1.82, 2.24) is 4.90 Å². The first kappa shape index (κ1) is 14.5. The molecule has 4 heteroatoms. The molecular weight excluding hydrogens is 304 g/mol. The van der Waals surface area contributed by atoms with E-state index < -0.39 is 0 Å². The van der Waals surface area contributed by atoms with E-state index in [0.717, 1.165) is 35.0 Å². The van der Waals surface area contributed by atoms with Crippen LogP contribution in [0.15, 0.2) is 22.7 Å². The van der Waals surface area contributed by atoms with Gasteiger partial charge in [0.1, 0.15) is 0 Å². The summed E-state index contributed by atoms with van der Waals surface area (Å²) in [6.45, 7) is 3.51. The maximum Gasteiger partial charge on any atom is 0.226 e. The molecule has 1 aromatic carbocycles. The number of amides is 1. The van der Waals surface area contributed by atoms with E-state index in [-0.39, 0.29) is 11.3 Å². The number of aryl methyl sites for hydroxylation is 1. The predicted molar refractivity (Wildman–Crippen MR) is 80.9 cm³/mol. The molecule has 1 saturated carbocycles. The Morgan fingerprint density at radius 3 is 2.74 bits per heavy atom. The predicted octanol–water partition coefficient (Wildman–Crippen LogP) is 2.50. The highest BCUT2D eigenvalue weighted by Crippen LogP contribution is 2.44. The molecule has 1 aliphatic rings. The summed E-state index contributed by atoms with van der Waals surface area (Å²) in [6, 6.07) is 6.06. The lowest BCUT2D eigenvalue weighted by Gasteiger charge is -2.23. The fourth-order valence-electron chi connectivity index (χ4n) is 2.32. The number of hydrogen-bond acceptors (Lipinski definition) is 2. The van der Waals surface area contributed by atoms with Crippen molar-refractivity contribution in [3.63, 3.8) is 0 Å². The lowest BCUT2D eigenvalue weighted by Crippen LogP contribution is -2.36. The first-order chi connectivity index (χ1) is 8.96. The van der Waals surface area contributed by atoms with Gasteiger partial charge in [-0.1, -0.05) is 22.0 Å². The van der Waals surface area contributed by atoms with Gasteiger partial charge in [0.2, 0.25) is 5.91 Å². The minimum atomic E-state index is 0.168. The van der Waals surface area contributed by atoms with Crippen molar-refractivity contribution in [2.75, 3.05) is 20.1 Å². The maximum absolute atomic E-state index is 12.3. The van der Waals surface area contributed by atoms with Crippen LogP contribution in [0.25, 0.3) is 0 Å². The van der Waals surface area contributed by atoms with Gasteiger partial charge >= 0.3 is 0 Å². The number of nitrogens with zero attached hydrogens (tertiary/aromatic N) is 1. The fraction of sp³-hybridized carbons (Fsp3) is 0.533. The molecule has 2 rings (SSSR count). The summed E-state index contributed by atoms with van der Waals surface area (Å²) in [5.74, 6) is 0.168. The highest BCUT2D eigenvalue weighted by molar-refractivity contribution is 9.10. The number of carbonyl (C=O) groups is 1. The van der Waals surface area contributed by atoms with Gasteiger partial charge in [-0.25, -0.2) is 0 Å². The molecule has 0 aliphatic heterocycles. The van der Waals surface area contributed by atoms with E-state index in [4.69, 9.17) is 5.73 Å². The highest BCUT2D eigenvalue weighted by atomic mass is 79.9. The molecule has 0 heterocycles. The molecule has 1 amide bonds. The smallest absolute Gasteiger partial charge is 0.226 e. The second-order valence-corrected chi connectivity index (χ2v) is 6.62. The number of benzene rings is 1. The van der Waals surface area contributed by atoms with E-state index in [1.807, 2.05) is 37.1 Å². The van der Waals surface area contributed by atoms with Gasteiger partial charge in [-0.2, -0.15) is 0 Å². The Morgan fingerprint density at radius 2 is 2.16 bits per heavy atom. The Labute approximate surface area is 123 Å². The van der Waals surface area contributed by atoms with E-state index in [1.54, 1.807) is 0 Å². The Balaban J connectivity index is 1.98. The number of carbonyl (C=O) groups excluding carboxylic acids is 1. The van der Waals surface area contributed by atoms with E-state index in [1.165, 1.54) is 0 Å². The number of halogens is 1. The van der Waals surface area contributed by atoms with Crippen LogP contribution < -0.4 is 5.73 Å². The summed E-state index contributed by atoms with van der Waals surface area (Å²) in [5.41, 5.74) is 8.22. The number of likely N-dealkylation sites (N-methyl/N-ethyl adjacent to an activating group) is 1. The van der Waals surface area contributed by atoms with E-state index in [0.29, 0.717) is 13.0 Å². The van der Waals surface area contributed by atoms with Crippen LogP contribution in [0, 0.1) is 12.3 Å². The van der Waals surface area contributed by atoms with Gasteiger partial charge in [0.25, 0.3) is 0 Å². The second kappa shape index (κ2) is 5.63. The van der Waals surface area contributed by atoms with Crippen LogP contribution in [0.2, 0.25) is 0 Å². The van der Waals surface area contributed by atoms with Gasteiger partial charge in [-0.15, -0.1) is 0 Å². The lowest BCUT2D eigenvalue weighted by atomic mass is 10.0. The van der Waals surface area contributed by atoms with Crippen molar-refractivity contribution in [2.24, 2.45) is 11.1 Å². The van der Waals surface area contributed by atoms with Gasteiger partial charge in [-0.05, 0) is 49.6 Å². The van der Waals surface area contributed by atoms with Gasteiger partial charge in [0.05, 0.1) is 6.42 Å². The zero-order valence-electron chi connectivity index (χ0n) is 11.6. The van der Waals surface area contributed by atoms with Crippen molar-refractivity contribution < 1.29 is 4.79 Å². The Morgan fingerprint density at radius 1 is 1.47 bits per heavy atom. The molecule has 19 heavy (non-hydrogen) atoms. The maximum atomic E-state index is 12.3. The van der Waals surface area contributed by atoms with E-state index in [2.05, 4.69) is 15.9 Å². The largest absolute Gasteiger partial charge is 0.345 e.